The van der Waals surface area contributed by atoms with Crippen LogP contribution in [0.2, 0.25) is 0 Å². The quantitative estimate of drug-likeness (QED) is 0.496. The molecule has 0 aliphatic carbocycles. The molecule has 0 bridgehead atoms. The molecule has 0 aliphatic heterocycles. The summed E-state index contributed by atoms with van der Waals surface area (Å²) >= 11 is 0. The van der Waals surface area contributed by atoms with Gasteiger partial charge in [0.2, 0.25) is 11.8 Å². The molecular weight excluding hydrogens is 381 g/mol. The third-order valence-corrected chi connectivity index (χ3v) is 4.76. The van der Waals surface area contributed by atoms with Gasteiger partial charge in [0.05, 0.1) is 18.5 Å². The van der Waals surface area contributed by atoms with E-state index in [4.69, 9.17) is 9.72 Å². The van der Waals surface area contributed by atoms with Gasteiger partial charge >= 0.3 is 0 Å². The van der Waals surface area contributed by atoms with E-state index in [-0.39, 0.29) is 5.82 Å². The summed E-state index contributed by atoms with van der Waals surface area (Å²) in [5.74, 6) is 0.489. The van der Waals surface area contributed by atoms with Gasteiger partial charge in [-0.1, -0.05) is 30.3 Å². The molecule has 2 aromatic carbocycles. The Morgan fingerprint density at radius 1 is 0.967 bits per heavy atom. The number of aromatic nitrogens is 4. The monoisotopic (exact) mass is 403 g/mol. The third-order valence-electron chi connectivity index (χ3n) is 4.76. The first-order chi connectivity index (χ1) is 14.5. The first-order valence-electron chi connectivity index (χ1n) is 9.77. The molecule has 4 rings (SSSR count). The fourth-order valence-electron chi connectivity index (χ4n) is 3.32. The van der Waals surface area contributed by atoms with E-state index in [1.807, 2.05) is 13.0 Å². The molecule has 2 heterocycles. The van der Waals surface area contributed by atoms with E-state index in [1.54, 1.807) is 18.3 Å². The Bertz CT molecular complexity index is 1170. The van der Waals surface area contributed by atoms with E-state index in [0.29, 0.717) is 36.1 Å². The van der Waals surface area contributed by atoms with Crippen LogP contribution < -0.4 is 10.1 Å². The zero-order chi connectivity index (χ0) is 21.1. The van der Waals surface area contributed by atoms with Crippen molar-refractivity contribution in [1.29, 1.82) is 0 Å². The van der Waals surface area contributed by atoms with Gasteiger partial charge < -0.3 is 10.1 Å². The van der Waals surface area contributed by atoms with Crippen LogP contribution in [0.5, 0.6) is 5.88 Å². The van der Waals surface area contributed by atoms with Crippen LogP contribution >= 0.6 is 0 Å². The van der Waals surface area contributed by atoms with Crippen molar-refractivity contribution in [3.05, 3.63) is 71.2 Å². The molecule has 0 spiro atoms. The fraction of sp³-hybridized carbons (Fsp3) is 0.217. The molecule has 0 amide bonds. The average molecular weight is 403 g/mol. The van der Waals surface area contributed by atoms with Crippen LogP contribution in [0.3, 0.4) is 0 Å². The number of nitrogens with zero attached hydrogens (tertiary/aromatic N) is 4. The highest BCUT2D eigenvalue weighted by Gasteiger charge is 2.15. The lowest BCUT2D eigenvalue weighted by molar-refractivity contribution is 0.330. The van der Waals surface area contributed by atoms with Gasteiger partial charge in [0.15, 0.2) is 11.2 Å². The standard InChI is InChI=1S/C23H22FN5O/c1-4-30-22-20-21(25-13-18(27-20)19-14(2)6-5-7-15(19)3)28-23(29-22)26-12-16-8-10-17(24)11-9-16/h5-11,13H,4,12H2,1-3H3,(H,25,26,28,29). The van der Waals surface area contributed by atoms with Gasteiger partial charge in [0.1, 0.15) is 5.82 Å². The van der Waals surface area contributed by atoms with Crippen molar-refractivity contribution in [2.24, 2.45) is 0 Å². The molecule has 7 heteroatoms. The van der Waals surface area contributed by atoms with Gasteiger partial charge in [-0.3, -0.25) is 0 Å². The number of nitrogens with one attached hydrogen (secondary N) is 1. The van der Waals surface area contributed by atoms with Crippen LogP contribution in [0, 0.1) is 19.7 Å². The van der Waals surface area contributed by atoms with Crippen LogP contribution in [0.4, 0.5) is 10.3 Å². The average Bonchev–Trinajstić information content (AvgIpc) is 2.74. The van der Waals surface area contributed by atoms with Gasteiger partial charge in [-0.2, -0.15) is 9.97 Å². The summed E-state index contributed by atoms with van der Waals surface area (Å²) < 4.78 is 18.8. The lowest BCUT2D eigenvalue weighted by Gasteiger charge is -2.12. The molecule has 0 radical (unpaired) electrons. The highest BCUT2D eigenvalue weighted by Crippen LogP contribution is 2.28. The SMILES string of the molecule is CCOc1nc(NCc2ccc(F)cc2)nc2ncc(-c3c(C)cccc3C)nc12. The van der Waals surface area contributed by atoms with E-state index in [9.17, 15) is 4.39 Å². The van der Waals surface area contributed by atoms with Crippen molar-refractivity contribution in [3.8, 4) is 17.1 Å². The van der Waals surface area contributed by atoms with Crippen LogP contribution in [-0.4, -0.2) is 26.5 Å². The number of rotatable bonds is 6. The van der Waals surface area contributed by atoms with E-state index < -0.39 is 0 Å². The molecule has 0 atom stereocenters. The van der Waals surface area contributed by atoms with Gasteiger partial charge in [-0.15, -0.1) is 0 Å². The number of anilines is 1. The lowest BCUT2D eigenvalue weighted by Crippen LogP contribution is -2.07. The molecule has 0 saturated heterocycles. The maximum absolute atomic E-state index is 13.1. The van der Waals surface area contributed by atoms with Gasteiger partial charge in [-0.05, 0) is 49.6 Å². The topological polar surface area (TPSA) is 72.8 Å². The maximum Gasteiger partial charge on any atom is 0.247 e. The van der Waals surface area contributed by atoms with Crippen molar-refractivity contribution >= 4 is 17.1 Å². The second-order valence-electron chi connectivity index (χ2n) is 6.96. The molecule has 152 valence electrons. The third kappa shape index (κ3) is 4.05. The smallest absolute Gasteiger partial charge is 0.247 e. The Morgan fingerprint density at radius 3 is 2.40 bits per heavy atom. The zero-order valence-electron chi connectivity index (χ0n) is 17.1. The molecule has 0 fully saturated rings. The first kappa shape index (κ1) is 19.7. The van der Waals surface area contributed by atoms with E-state index in [2.05, 4.69) is 46.2 Å². The molecule has 0 unspecified atom stereocenters. The number of ether oxygens (including phenoxy) is 1. The number of halogens is 1. The van der Waals surface area contributed by atoms with Gasteiger partial charge in [-0.25, -0.2) is 14.4 Å². The van der Waals surface area contributed by atoms with Gasteiger partial charge in [0, 0.05) is 12.1 Å². The Balaban J connectivity index is 1.71. The molecular formula is C23H22FN5O. The van der Waals surface area contributed by atoms with E-state index in [1.165, 1.54) is 12.1 Å². The summed E-state index contributed by atoms with van der Waals surface area (Å²) in [5.41, 5.74) is 5.94. The zero-order valence-corrected chi connectivity index (χ0v) is 17.1. The summed E-state index contributed by atoms with van der Waals surface area (Å²) in [5, 5.41) is 3.14. The lowest BCUT2D eigenvalue weighted by atomic mass is 10.0. The maximum atomic E-state index is 13.1. The first-order valence-corrected chi connectivity index (χ1v) is 9.77. The van der Waals surface area contributed by atoms with Crippen LogP contribution in [0.15, 0.2) is 48.7 Å². The largest absolute Gasteiger partial charge is 0.476 e. The summed E-state index contributed by atoms with van der Waals surface area (Å²) in [4.78, 5) is 18.3. The Kier molecular flexibility index (Phi) is 5.52. The minimum absolute atomic E-state index is 0.269. The second-order valence-corrected chi connectivity index (χ2v) is 6.96. The summed E-state index contributed by atoms with van der Waals surface area (Å²) in [6.45, 7) is 6.89. The molecule has 30 heavy (non-hydrogen) atoms. The minimum Gasteiger partial charge on any atom is -0.476 e. The molecule has 0 aliphatic rings. The van der Waals surface area contributed by atoms with E-state index >= 15 is 0 Å². The van der Waals surface area contributed by atoms with Crippen molar-refractivity contribution in [3.63, 3.8) is 0 Å². The predicted molar refractivity (Wildman–Crippen MR) is 115 cm³/mol. The Morgan fingerprint density at radius 2 is 1.70 bits per heavy atom. The molecule has 1 N–H and O–H groups in total. The summed E-state index contributed by atoms with van der Waals surface area (Å²) in [6, 6.07) is 12.4. The molecule has 0 saturated carbocycles. The van der Waals surface area contributed by atoms with Gasteiger partial charge in [0.25, 0.3) is 0 Å². The number of benzene rings is 2. The highest BCUT2D eigenvalue weighted by molar-refractivity contribution is 5.80. The Hall–Kier alpha value is -3.61. The highest BCUT2D eigenvalue weighted by atomic mass is 19.1. The number of aryl methyl sites for hydroxylation is 2. The molecule has 2 aromatic heterocycles. The molecule has 4 aromatic rings. The number of hydrogen-bond donors (Lipinski definition) is 1. The number of fused-ring (bicyclic) bond motifs is 1. The van der Waals surface area contributed by atoms with Crippen LogP contribution in [0.1, 0.15) is 23.6 Å². The predicted octanol–water partition coefficient (Wildman–Crippen LogP) is 4.85. The van der Waals surface area contributed by atoms with Crippen molar-refractivity contribution < 1.29 is 9.13 Å². The van der Waals surface area contributed by atoms with Crippen LogP contribution in [-0.2, 0) is 6.54 Å². The summed E-state index contributed by atoms with van der Waals surface area (Å²) in [7, 11) is 0. The normalized spacial score (nSPS) is 10.9. The second kappa shape index (κ2) is 8.41. The summed E-state index contributed by atoms with van der Waals surface area (Å²) in [6.07, 6.45) is 1.73. The van der Waals surface area contributed by atoms with E-state index in [0.717, 1.165) is 27.9 Å². The Labute approximate surface area is 174 Å². The van der Waals surface area contributed by atoms with Crippen LogP contribution in [0.25, 0.3) is 22.4 Å². The van der Waals surface area contributed by atoms with Crippen molar-refractivity contribution in [1.82, 2.24) is 19.9 Å². The molecule has 6 nitrogen and oxygen atoms in total. The number of hydrogen-bond acceptors (Lipinski definition) is 6. The van der Waals surface area contributed by atoms with Crippen molar-refractivity contribution in [2.75, 3.05) is 11.9 Å². The van der Waals surface area contributed by atoms with Crippen molar-refractivity contribution in [2.45, 2.75) is 27.3 Å². The minimum atomic E-state index is -0.269. The fourth-order valence-corrected chi connectivity index (χ4v) is 3.32.